The predicted molar refractivity (Wildman–Crippen MR) is 92.3 cm³/mol. The van der Waals surface area contributed by atoms with E-state index in [1.165, 1.54) is 0 Å². The Hall–Kier alpha value is -2.82. The Morgan fingerprint density at radius 1 is 1.17 bits per heavy atom. The molecule has 0 aromatic heterocycles. The summed E-state index contributed by atoms with van der Waals surface area (Å²) in [5.41, 5.74) is 2.61. The summed E-state index contributed by atoms with van der Waals surface area (Å²) in [6.45, 7) is 3.67. The first-order chi connectivity index (χ1) is 11.4. The third-order valence-electron chi connectivity index (χ3n) is 3.53. The number of carboxylic acids is 1. The van der Waals surface area contributed by atoms with Crippen LogP contribution in [0.2, 0.25) is 0 Å². The third kappa shape index (κ3) is 5.43. The van der Waals surface area contributed by atoms with E-state index in [1.54, 1.807) is 25.1 Å². The minimum Gasteiger partial charge on any atom is -0.481 e. The van der Waals surface area contributed by atoms with Crippen LogP contribution in [-0.4, -0.2) is 23.1 Å². The normalized spacial score (nSPS) is 11.6. The van der Waals surface area contributed by atoms with Gasteiger partial charge in [0, 0.05) is 12.1 Å². The number of carbonyl (C=O) groups is 2. The smallest absolute Gasteiger partial charge is 0.303 e. The van der Waals surface area contributed by atoms with Crippen LogP contribution >= 0.6 is 0 Å². The van der Waals surface area contributed by atoms with Crippen LogP contribution in [0, 0.1) is 6.92 Å². The van der Waals surface area contributed by atoms with E-state index in [0.717, 1.165) is 11.1 Å². The Bertz CT molecular complexity index is 710. The number of aliphatic carboxylic acids is 1. The molecule has 5 nitrogen and oxygen atoms in total. The van der Waals surface area contributed by atoms with Crippen LogP contribution in [0.15, 0.2) is 48.5 Å². The summed E-state index contributed by atoms with van der Waals surface area (Å²) in [6, 6.07) is 14.7. The van der Waals surface area contributed by atoms with Crippen molar-refractivity contribution in [1.82, 2.24) is 0 Å². The molecular weight excluding hydrogens is 306 g/mol. The number of hydrogen-bond acceptors (Lipinski definition) is 3. The lowest BCUT2D eigenvalue weighted by molar-refractivity contribution is -0.137. The largest absolute Gasteiger partial charge is 0.481 e. The van der Waals surface area contributed by atoms with Gasteiger partial charge in [0.2, 0.25) is 0 Å². The molecule has 5 heteroatoms. The van der Waals surface area contributed by atoms with Crippen molar-refractivity contribution < 1.29 is 19.4 Å². The fraction of sp³-hybridized carbons (Fsp3) is 0.263. The monoisotopic (exact) mass is 327 g/mol. The molecule has 126 valence electrons. The minimum absolute atomic E-state index is 0.0599. The van der Waals surface area contributed by atoms with Gasteiger partial charge in [-0.15, -0.1) is 0 Å². The van der Waals surface area contributed by atoms with E-state index in [0.29, 0.717) is 17.9 Å². The molecule has 2 N–H and O–H groups in total. The summed E-state index contributed by atoms with van der Waals surface area (Å²) >= 11 is 0. The van der Waals surface area contributed by atoms with Gasteiger partial charge in [-0.25, -0.2) is 0 Å². The van der Waals surface area contributed by atoms with Gasteiger partial charge in [0.15, 0.2) is 6.10 Å². The summed E-state index contributed by atoms with van der Waals surface area (Å²) < 4.78 is 5.62. The van der Waals surface area contributed by atoms with Crippen molar-refractivity contribution in [2.45, 2.75) is 32.8 Å². The van der Waals surface area contributed by atoms with Crippen LogP contribution in [0.25, 0.3) is 0 Å². The highest BCUT2D eigenvalue weighted by Crippen LogP contribution is 2.16. The van der Waals surface area contributed by atoms with Crippen molar-refractivity contribution in [3.05, 3.63) is 59.7 Å². The summed E-state index contributed by atoms with van der Waals surface area (Å²) in [4.78, 5) is 22.9. The Morgan fingerprint density at radius 2 is 1.88 bits per heavy atom. The number of rotatable bonds is 7. The van der Waals surface area contributed by atoms with Gasteiger partial charge >= 0.3 is 5.97 Å². The molecule has 2 rings (SSSR count). The van der Waals surface area contributed by atoms with E-state index in [-0.39, 0.29) is 12.3 Å². The molecule has 0 saturated carbocycles. The van der Waals surface area contributed by atoms with Crippen molar-refractivity contribution in [3.8, 4) is 5.75 Å². The second-order valence-corrected chi connectivity index (χ2v) is 5.66. The number of nitrogens with one attached hydrogen (secondary N) is 1. The van der Waals surface area contributed by atoms with E-state index in [1.807, 2.05) is 37.3 Å². The molecule has 24 heavy (non-hydrogen) atoms. The van der Waals surface area contributed by atoms with Gasteiger partial charge in [-0.2, -0.15) is 0 Å². The lowest BCUT2D eigenvalue weighted by Crippen LogP contribution is -2.30. The lowest BCUT2D eigenvalue weighted by Gasteiger charge is -2.15. The number of amides is 1. The van der Waals surface area contributed by atoms with Crippen molar-refractivity contribution >= 4 is 17.6 Å². The maximum atomic E-state index is 12.2. The summed E-state index contributed by atoms with van der Waals surface area (Å²) in [5, 5.41) is 11.5. The number of ether oxygens (including phenoxy) is 1. The van der Waals surface area contributed by atoms with E-state index in [2.05, 4.69) is 5.32 Å². The van der Waals surface area contributed by atoms with Crippen molar-refractivity contribution in [2.75, 3.05) is 5.32 Å². The fourth-order valence-corrected chi connectivity index (χ4v) is 2.17. The maximum Gasteiger partial charge on any atom is 0.303 e. The van der Waals surface area contributed by atoms with Crippen molar-refractivity contribution in [3.63, 3.8) is 0 Å². The molecule has 0 aliphatic heterocycles. The predicted octanol–water partition coefficient (Wildman–Crippen LogP) is 3.42. The zero-order valence-corrected chi connectivity index (χ0v) is 13.8. The summed E-state index contributed by atoms with van der Waals surface area (Å²) in [7, 11) is 0. The van der Waals surface area contributed by atoms with E-state index >= 15 is 0 Å². The SMILES string of the molecule is Cc1ccc(OC(C)C(=O)Nc2cccc(CCC(=O)O)c2)cc1. The van der Waals surface area contributed by atoms with Gasteiger partial charge in [-0.3, -0.25) is 9.59 Å². The Balaban J connectivity index is 1.94. The maximum absolute atomic E-state index is 12.2. The van der Waals surface area contributed by atoms with Crippen LogP contribution < -0.4 is 10.1 Å². The molecular formula is C19H21NO4. The molecule has 1 atom stereocenters. The van der Waals surface area contributed by atoms with Crippen LogP contribution in [0.4, 0.5) is 5.69 Å². The second kappa shape index (κ2) is 8.15. The van der Waals surface area contributed by atoms with Crippen LogP contribution in [-0.2, 0) is 16.0 Å². The van der Waals surface area contributed by atoms with E-state index < -0.39 is 12.1 Å². The topological polar surface area (TPSA) is 75.6 Å². The molecule has 2 aromatic rings. The van der Waals surface area contributed by atoms with Crippen LogP contribution in [0.5, 0.6) is 5.75 Å². The van der Waals surface area contributed by atoms with Gasteiger partial charge in [0.05, 0.1) is 0 Å². The number of benzene rings is 2. The van der Waals surface area contributed by atoms with E-state index in [9.17, 15) is 9.59 Å². The first-order valence-corrected chi connectivity index (χ1v) is 7.79. The molecule has 0 aliphatic rings. The van der Waals surface area contributed by atoms with Gasteiger partial charge in [0.1, 0.15) is 5.75 Å². The van der Waals surface area contributed by atoms with E-state index in [4.69, 9.17) is 9.84 Å². The summed E-state index contributed by atoms with van der Waals surface area (Å²) in [5.74, 6) is -0.464. The molecule has 0 bridgehead atoms. The number of carbonyl (C=O) groups excluding carboxylic acids is 1. The molecule has 2 aromatic carbocycles. The fourth-order valence-electron chi connectivity index (χ4n) is 2.17. The highest BCUT2D eigenvalue weighted by atomic mass is 16.5. The Morgan fingerprint density at radius 3 is 2.54 bits per heavy atom. The average molecular weight is 327 g/mol. The Labute approximate surface area is 141 Å². The number of carboxylic acid groups (broad SMARTS) is 1. The van der Waals surface area contributed by atoms with Crippen LogP contribution in [0.1, 0.15) is 24.5 Å². The zero-order valence-electron chi connectivity index (χ0n) is 13.8. The third-order valence-corrected chi connectivity index (χ3v) is 3.53. The molecule has 0 aliphatic carbocycles. The highest BCUT2D eigenvalue weighted by Gasteiger charge is 2.15. The molecule has 0 fully saturated rings. The number of anilines is 1. The zero-order chi connectivity index (χ0) is 17.5. The molecule has 1 amide bonds. The number of aryl methyl sites for hydroxylation is 2. The van der Waals surface area contributed by atoms with Crippen LogP contribution in [0.3, 0.4) is 0 Å². The minimum atomic E-state index is -0.843. The first-order valence-electron chi connectivity index (χ1n) is 7.79. The van der Waals surface area contributed by atoms with Crippen molar-refractivity contribution in [1.29, 1.82) is 0 Å². The molecule has 0 heterocycles. The highest BCUT2D eigenvalue weighted by molar-refractivity contribution is 5.94. The van der Waals surface area contributed by atoms with Gasteiger partial charge in [0.25, 0.3) is 5.91 Å². The first kappa shape index (κ1) is 17.5. The Kier molecular flexibility index (Phi) is 5.95. The summed E-state index contributed by atoms with van der Waals surface area (Å²) in [6.07, 6.45) is -0.158. The average Bonchev–Trinajstić information content (AvgIpc) is 2.55. The molecule has 1 unspecified atom stereocenters. The van der Waals surface area contributed by atoms with Gasteiger partial charge < -0.3 is 15.2 Å². The van der Waals surface area contributed by atoms with Gasteiger partial charge in [-0.05, 0) is 50.1 Å². The number of hydrogen-bond donors (Lipinski definition) is 2. The molecule has 0 spiro atoms. The quantitative estimate of drug-likeness (QED) is 0.817. The lowest BCUT2D eigenvalue weighted by atomic mass is 10.1. The molecule has 0 saturated heterocycles. The van der Waals surface area contributed by atoms with Gasteiger partial charge in [-0.1, -0.05) is 29.8 Å². The standard InChI is InChI=1S/C19H21NO4/c1-13-6-9-17(10-7-13)24-14(2)19(23)20-16-5-3-4-15(12-16)8-11-18(21)22/h3-7,9-10,12,14H,8,11H2,1-2H3,(H,20,23)(H,21,22). The molecule has 0 radical (unpaired) electrons. The second-order valence-electron chi connectivity index (χ2n) is 5.66. The van der Waals surface area contributed by atoms with Crippen molar-refractivity contribution in [2.24, 2.45) is 0 Å².